The molecule has 0 aliphatic heterocycles. The molecule has 1 aromatic heterocycles. The molecule has 0 fully saturated rings. The van der Waals surface area contributed by atoms with Crippen LogP contribution in [0.1, 0.15) is 5.56 Å². The van der Waals surface area contributed by atoms with Gasteiger partial charge in [-0.3, -0.25) is 0 Å². The van der Waals surface area contributed by atoms with E-state index in [1.54, 1.807) is 12.1 Å². The highest BCUT2D eigenvalue weighted by atomic mass is 16.3. The number of hydrogen-bond donors (Lipinski definition) is 2. The van der Waals surface area contributed by atoms with Gasteiger partial charge in [-0.25, -0.2) is 4.85 Å². The van der Waals surface area contributed by atoms with E-state index in [0.29, 0.717) is 5.69 Å². The topological polar surface area (TPSA) is 55.5 Å². The SMILES string of the molecule is [C-]#[N+]c1ccc2c(c1)c(-c1cccc(N)c1C)cn2-c1ccc(O)cc1. The molecule has 126 valence electrons. The standard InChI is InChI=1S/C22H17N3O/c1-14-18(4-3-5-21(14)23)20-13-25(16-7-9-17(26)10-8-16)22-11-6-15(24-2)12-19(20)22/h3-13,26H,23H2,1H3. The Bertz CT molecular complexity index is 1160. The molecule has 3 N–H and O–H groups in total. The van der Waals surface area contributed by atoms with Crippen molar-refractivity contribution in [1.82, 2.24) is 4.57 Å². The number of phenolic OH excluding ortho intramolecular Hbond substituents is 1. The van der Waals surface area contributed by atoms with Gasteiger partial charge < -0.3 is 15.4 Å². The summed E-state index contributed by atoms with van der Waals surface area (Å²) in [5.41, 5.74) is 12.5. The molecule has 4 heteroatoms. The summed E-state index contributed by atoms with van der Waals surface area (Å²) in [6.45, 7) is 9.34. The average molecular weight is 339 g/mol. The first kappa shape index (κ1) is 15.8. The van der Waals surface area contributed by atoms with Crippen LogP contribution < -0.4 is 5.73 Å². The Balaban J connectivity index is 2.05. The van der Waals surface area contributed by atoms with Crippen molar-refractivity contribution < 1.29 is 5.11 Å². The molecule has 0 unspecified atom stereocenters. The third-order valence-electron chi connectivity index (χ3n) is 4.71. The second-order valence-electron chi connectivity index (χ2n) is 6.26. The van der Waals surface area contributed by atoms with E-state index in [0.717, 1.165) is 39.0 Å². The first-order valence-corrected chi connectivity index (χ1v) is 8.26. The number of nitrogens with zero attached hydrogens (tertiary/aromatic N) is 2. The summed E-state index contributed by atoms with van der Waals surface area (Å²) in [5, 5.41) is 10.6. The molecule has 0 amide bonds. The quantitative estimate of drug-likeness (QED) is 0.377. The first-order valence-electron chi connectivity index (χ1n) is 8.26. The van der Waals surface area contributed by atoms with Crippen LogP contribution in [0.15, 0.2) is 66.9 Å². The van der Waals surface area contributed by atoms with Crippen LogP contribution in [0, 0.1) is 13.5 Å². The molecule has 26 heavy (non-hydrogen) atoms. The molecular formula is C22H17N3O. The first-order chi connectivity index (χ1) is 12.6. The van der Waals surface area contributed by atoms with Crippen LogP contribution in [0.5, 0.6) is 5.75 Å². The second-order valence-corrected chi connectivity index (χ2v) is 6.26. The molecular weight excluding hydrogens is 322 g/mol. The number of aromatic nitrogens is 1. The Morgan fingerprint density at radius 3 is 2.50 bits per heavy atom. The highest BCUT2D eigenvalue weighted by molar-refractivity contribution is 6.00. The molecule has 4 nitrogen and oxygen atoms in total. The van der Waals surface area contributed by atoms with Gasteiger partial charge in [-0.05, 0) is 65.9 Å². The molecule has 3 aromatic carbocycles. The zero-order valence-electron chi connectivity index (χ0n) is 14.3. The number of rotatable bonds is 2. The zero-order valence-corrected chi connectivity index (χ0v) is 14.3. The van der Waals surface area contributed by atoms with Crippen LogP contribution in [0.25, 0.3) is 32.6 Å². The van der Waals surface area contributed by atoms with Gasteiger partial charge >= 0.3 is 0 Å². The maximum atomic E-state index is 9.58. The van der Waals surface area contributed by atoms with Gasteiger partial charge in [-0.1, -0.05) is 18.2 Å². The molecule has 0 aliphatic carbocycles. The van der Waals surface area contributed by atoms with Crippen LogP contribution in [-0.2, 0) is 0 Å². The minimum absolute atomic E-state index is 0.229. The molecule has 4 rings (SSSR count). The number of aromatic hydroxyl groups is 1. The number of nitrogens with two attached hydrogens (primary N) is 1. The van der Waals surface area contributed by atoms with Crippen molar-refractivity contribution in [3.63, 3.8) is 0 Å². The van der Waals surface area contributed by atoms with E-state index in [1.807, 2.05) is 55.5 Å². The lowest BCUT2D eigenvalue weighted by atomic mass is 9.99. The van der Waals surface area contributed by atoms with Crippen molar-refractivity contribution in [3.05, 3.63) is 83.8 Å². The van der Waals surface area contributed by atoms with Crippen molar-refractivity contribution in [2.24, 2.45) is 0 Å². The molecule has 0 saturated carbocycles. The highest BCUT2D eigenvalue weighted by Crippen LogP contribution is 2.37. The Morgan fingerprint density at radius 2 is 1.77 bits per heavy atom. The van der Waals surface area contributed by atoms with Crippen molar-refractivity contribution in [2.75, 3.05) is 5.73 Å². The van der Waals surface area contributed by atoms with Crippen LogP contribution in [0.2, 0.25) is 0 Å². The summed E-state index contributed by atoms with van der Waals surface area (Å²) in [5.74, 6) is 0.229. The summed E-state index contributed by atoms with van der Waals surface area (Å²) in [7, 11) is 0. The highest BCUT2D eigenvalue weighted by Gasteiger charge is 2.14. The van der Waals surface area contributed by atoms with Gasteiger partial charge in [-0.2, -0.15) is 0 Å². The molecule has 1 heterocycles. The van der Waals surface area contributed by atoms with Crippen LogP contribution >= 0.6 is 0 Å². The van der Waals surface area contributed by atoms with Crippen LogP contribution in [0.3, 0.4) is 0 Å². The summed E-state index contributed by atoms with van der Waals surface area (Å²) < 4.78 is 2.07. The molecule has 0 aliphatic rings. The third kappa shape index (κ3) is 2.47. The summed E-state index contributed by atoms with van der Waals surface area (Å²) >= 11 is 0. The number of nitrogen functional groups attached to an aromatic ring is 1. The predicted molar refractivity (Wildman–Crippen MR) is 106 cm³/mol. The van der Waals surface area contributed by atoms with E-state index in [9.17, 15) is 5.11 Å². The number of phenols is 1. The van der Waals surface area contributed by atoms with E-state index >= 15 is 0 Å². The van der Waals surface area contributed by atoms with E-state index < -0.39 is 0 Å². The largest absolute Gasteiger partial charge is 0.508 e. The number of hydrogen-bond acceptors (Lipinski definition) is 2. The third-order valence-corrected chi connectivity index (χ3v) is 4.71. The second kappa shape index (κ2) is 5.98. The maximum absolute atomic E-state index is 9.58. The summed E-state index contributed by atoms with van der Waals surface area (Å²) in [6, 6.07) is 18.6. The minimum Gasteiger partial charge on any atom is -0.508 e. The summed E-state index contributed by atoms with van der Waals surface area (Å²) in [6.07, 6.45) is 2.06. The fourth-order valence-corrected chi connectivity index (χ4v) is 3.27. The van der Waals surface area contributed by atoms with Gasteiger partial charge in [0.25, 0.3) is 0 Å². The Kier molecular flexibility index (Phi) is 3.63. The molecule has 0 saturated heterocycles. The van der Waals surface area contributed by atoms with E-state index in [2.05, 4.69) is 15.6 Å². The monoisotopic (exact) mass is 339 g/mol. The summed E-state index contributed by atoms with van der Waals surface area (Å²) in [4.78, 5) is 3.57. The van der Waals surface area contributed by atoms with Gasteiger partial charge in [-0.15, -0.1) is 0 Å². The van der Waals surface area contributed by atoms with Crippen molar-refractivity contribution in [2.45, 2.75) is 6.92 Å². The fourth-order valence-electron chi connectivity index (χ4n) is 3.27. The van der Waals surface area contributed by atoms with Gasteiger partial charge in [0.1, 0.15) is 5.75 Å². The zero-order chi connectivity index (χ0) is 18.3. The normalized spacial score (nSPS) is 10.8. The van der Waals surface area contributed by atoms with Gasteiger partial charge in [0.05, 0.1) is 12.1 Å². The number of benzene rings is 3. The average Bonchev–Trinajstić information content (AvgIpc) is 3.03. The molecule has 0 bridgehead atoms. The Labute approximate surface area is 151 Å². The van der Waals surface area contributed by atoms with Crippen LogP contribution in [0.4, 0.5) is 11.4 Å². The maximum Gasteiger partial charge on any atom is 0.188 e. The van der Waals surface area contributed by atoms with Crippen molar-refractivity contribution in [3.8, 4) is 22.6 Å². The van der Waals surface area contributed by atoms with Crippen molar-refractivity contribution >= 4 is 22.3 Å². The molecule has 0 atom stereocenters. The molecule has 0 spiro atoms. The lowest BCUT2D eigenvalue weighted by Crippen LogP contribution is -1.92. The predicted octanol–water partition coefficient (Wildman–Crippen LogP) is 5.44. The smallest absolute Gasteiger partial charge is 0.188 e. The van der Waals surface area contributed by atoms with E-state index in [1.165, 1.54) is 0 Å². The lowest BCUT2D eigenvalue weighted by Gasteiger charge is -2.07. The fraction of sp³-hybridized carbons (Fsp3) is 0.0455. The molecule has 0 radical (unpaired) electrons. The van der Waals surface area contributed by atoms with Gasteiger partial charge in [0.2, 0.25) is 0 Å². The van der Waals surface area contributed by atoms with Gasteiger partial charge in [0.15, 0.2) is 5.69 Å². The molecule has 4 aromatic rings. The van der Waals surface area contributed by atoms with Gasteiger partial charge in [0, 0.05) is 23.1 Å². The number of fused-ring (bicyclic) bond motifs is 1. The Hall–Kier alpha value is -3.71. The van der Waals surface area contributed by atoms with Crippen molar-refractivity contribution in [1.29, 1.82) is 0 Å². The lowest BCUT2D eigenvalue weighted by molar-refractivity contribution is 0.475. The van der Waals surface area contributed by atoms with Crippen LogP contribution in [-0.4, -0.2) is 9.67 Å². The van der Waals surface area contributed by atoms with E-state index in [4.69, 9.17) is 12.3 Å². The Morgan fingerprint density at radius 1 is 1.00 bits per heavy atom. The number of anilines is 1. The minimum atomic E-state index is 0.229. The van der Waals surface area contributed by atoms with E-state index in [-0.39, 0.29) is 5.75 Å².